The lowest BCUT2D eigenvalue weighted by atomic mass is 10.0. The van der Waals surface area contributed by atoms with Crippen LogP contribution in [0.3, 0.4) is 0 Å². The van der Waals surface area contributed by atoms with E-state index in [1.54, 1.807) is 42.5 Å². The SMILES string of the molecule is N[C@@H](CC(=O)N[C@H](Cc1ccccc1)C(=O)O)Cc1ccccc1F. The number of hydrogen-bond donors (Lipinski definition) is 3. The second-order valence-electron chi connectivity index (χ2n) is 5.91. The number of carbonyl (C=O) groups is 2. The molecule has 0 saturated carbocycles. The number of carbonyl (C=O) groups excluding carboxylic acids is 1. The van der Waals surface area contributed by atoms with Crippen LogP contribution in [0.2, 0.25) is 0 Å². The Bertz CT molecular complexity index is 722. The molecule has 0 saturated heterocycles. The van der Waals surface area contributed by atoms with Crippen molar-refractivity contribution in [3.8, 4) is 0 Å². The van der Waals surface area contributed by atoms with Crippen molar-refractivity contribution in [2.45, 2.75) is 31.3 Å². The zero-order valence-electron chi connectivity index (χ0n) is 13.7. The minimum atomic E-state index is -1.11. The summed E-state index contributed by atoms with van der Waals surface area (Å²) in [5.41, 5.74) is 7.15. The van der Waals surface area contributed by atoms with E-state index >= 15 is 0 Å². The fourth-order valence-corrected chi connectivity index (χ4v) is 2.56. The zero-order chi connectivity index (χ0) is 18.2. The number of carboxylic acid groups (broad SMARTS) is 1. The van der Waals surface area contributed by atoms with Gasteiger partial charge in [0.1, 0.15) is 11.9 Å². The number of amides is 1. The zero-order valence-corrected chi connectivity index (χ0v) is 13.7. The highest BCUT2D eigenvalue weighted by Gasteiger charge is 2.21. The summed E-state index contributed by atoms with van der Waals surface area (Å²) < 4.78 is 13.6. The van der Waals surface area contributed by atoms with Crippen LogP contribution in [0.4, 0.5) is 4.39 Å². The van der Waals surface area contributed by atoms with E-state index < -0.39 is 24.0 Å². The summed E-state index contributed by atoms with van der Waals surface area (Å²) in [6, 6.07) is 13.6. The molecule has 0 bridgehead atoms. The van der Waals surface area contributed by atoms with Gasteiger partial charge in [0, 0.05) is 18.9 Å². The average molecular weight is 344 g/mol. The summed E-state index contributed by atoms with van der Waals surface area (Å²) in [6.07, 6.45) is 0.313. The van der Waals surface area contributed by atoms with Gasteiger partial charge in [-0.3, -0.25) is 4.79 Å². The number of aliphatic carboxylic acids is 1. The molecule has 0 aliphatic carbocycles. The van der Waals surface area contributed by atoms with Crippen LogP contribution in [-0.4, -0.2) is 29.1 Å². The Kier molecular flexibility index (Phi) is 6.65. The highest BCUT2D eigenvalue weighted by Crippen LogP contribution is 2.10. The number of rotatable bonds is 8. The van der Waals surface area contributed by atoms with Crippen molar-refractivity contribution >= 4 is 11.9 Å². The molecule has 0 heterocycles. The quantitative estimate of drug-likeness (QED) is 0.682. The van der Waals surface area contributed by atoms with Gasteiger partial charge >= 0.3 is 5.97 Å². The van der Waals surface area contributed by atoms with E-state index in [9.17, 15) is 19.1 Å². The van der Waals surface area contributed by atoms with E-state index in [0.29, 0.717) is 5.56 Å². The third kappa shape index (κ3) is 6.00. The normalized spacial score (nSPS) is 13.0. The van der Waals surface area contributed by atoms with Crippen LogP contribution in [0.15, 0.2) is 54.6 Å². The molecular weight excluding hydrogens is 323 g/mol. The molecule has 5 nitrogen and oxygen atoms in total. The highest BCUT2D eigenvalue weighted by molar-refractivity contribution is 5.84. The molecule has 6 heteroatoms. The summed E-state index contributed by atoms with van der Waals surface area (Å²) in [5.74, 6) is -1.95. The number of benzene rings is 2. The Labute approximate surface area is 145 Å². The number of carboxylic acids is 1. The van der Waals surface area contributed by atoms with E-state index in [2.05, 4.69) is 5.32 Å². The summed E-state index contributed by atoms with van der Waals surface area (Å²) in [7, 11) is 0. The maximum absolute atomic E-state index is 13.6. The molecular formula is C19H21FN2O3. The van der Waals surface area contributed by atoms with Crippen molar-refractivity contribution in [1.29, 1.82) is 0 Å². The third-order valence-electron chi connectivity index (χ3n) is 3.80. The summed E-state index contributed by atoms with van der Waals surface area (Å²) in [4.78, 5) is 23.5. The van der Waals surface area contributed by atoms with Crippen LogP contribution in [-0.2, 0) is 22.4 Å². The van der Waals surface area contributed by atoms with Crippen LogP contribution in [0.5, 0.6) is 0 Å². The second-order valence-corrected chi connectivity index (χ2v) is 5.91. The number of nitrogens with one attached hydrogen (secondary N) is 1. The predicted molar refractivity (Wildman–Crippen MR) is 92.4 cm³/mol. The second kappa shape index (κ2) is 8.94. The molecule has 2 rings (SSSR count). The van der Waals surface area contributed by atoms with Crippen molar-refractivity contribution < 1.29 is 19.1 Å². The lowest BCUT2D eigenvalue weighted by Crippen LogP contribution is -2.44. The van der Waals surface area contributed by atoms with Gasteiger partial charge in [0.25, 0.3) is 0 Å². The molecule has 0 aromatic heterocycles. The van der Waals surface area contributed by atoms with Crippen molar-refractivity contribution in [2.24, 2.45) is 5.73 Å². The first-order valence-corrected chi connectivity index (χ1v) is 8.00. The molecule has 1 amide bonds. The lowest BCUT2D eigenvalue weighted by molar-refractivity contribution is -0.141. The summed E-state index contributed by atoms with van der Waals surface area (Å²) in [5, 5.41) is 11.8. The largest absolute Gasteiger partial charge is 0.480 e. The minimum Gasteiger partial charge on any atom is -0.480 e. The van der Waals surface area contributed by atoms with Crippen molar-refractivity contribution in [3.05, 3.63) is 71.5 Å². The molecule has 0 unspecified atom stereocenters. The van der Waals surface area contributed by atoms with E-state index in [0.717, 1.165) is 5.56 Å². The number of halogens is 1. The number of hydrogen-bond acceptors (Lipinski definition) is 3. The molecule has 0 aliphatic heterocycles. The monoisotopic (exact) mass is 344 g/mol. The Morgan fingerprint density at radius 3 is 2.32 bits per heavy atom. The van der Waals surface area contributed by atoms with Crippen molar-refractivity contribution in [1.82, 2.24) is 5.32 Å². The molecule has 0 fully saturated rings. The van der Waals surface area contributed by atoms with Crippen molar-refractivity contribution in [3.63, 3.8) is 0 Å². The van der Waals surface area contributed by atoms with Crippen LogP contribution in [0.1, 0.15) is 17.5 Å². The molecule has 132 valence electrons. The van der Waals surface area contributed by atoms with Crippen LogP contribution in [0.25, 0.3) is 0 Å². The molecule has 0 aliphatic rings. The van der Waals surface area contributed by atoms with E-state index in [1.807, 2.05) is 6.07 Å². The standard InChI is InChI=1S/C19H21FN2O3/c20-16-9-5-4-8-14(16)11-15(21)12-18(23)22-17(19(24)25)10-13-6-2-1-3-7-13/h1-9,15,17H,10-12,21H2,(H,22,23)(H,24,25)/t15-,17-/m1/s1. The van der Waals surface area contributed by atoms with Gasteiger partial charge in [-0.1, -0.05) is 48.5 Å². The van der Waals surface area contributed by atoms with Crippen LogP contribution < -0.4 is 11.1 Å². The highest BCUT2D eigenvalue weighted by atomic mass is 19.1. The minimum absolute atomic E-state index is 0.0765. The van der Waals surface area contributed by atoms with Gasteiger partial charge in [-0.15, -0.1) is 0 Å². The maximum Gasteiger partial charge on any atom is 0.326 e. The Balaban J connectivity index is 1.90. The van der Waals surface area contributed by atoms with Crippen molar-refractivity contribution in [2.75, 3.05) is 0 Å². The third-order valence-corrected chi connectivity index (χ3v) is 3.80. The first-order chi connectivity index (χ1) is 12.0. The molecule has 2 aromatic rings. The first kappa shape index (κ1) is 18.6. The topological polar surface area (TPSA) is 92.4 Å². The molecule has 4 N–H and O–H groups in total. The van der Waals surface area contributed by atoms with E-state index in [1.165, 1.54) is 6.07 Å². The Morgan fingerprint density at radius 2 is 1.68 bits per heavy atom. The summed E-state index contributed by atoms with van der Waals surface area (Å²) in [6.45, 7) is 0. The molecule has 0 radical (unpaired) electrons. The van der Waals surface area contributed by atoms with E-state index in [4.69, 9.17) is 5.73 Å². The van der Waals surface area contributed by atoms with Crippen LogP contribution in [0, 0.1) is 5.82 Å². The van der Waals surface area contributed by atoms with Gasteiger partial charge in [0.15, 0.2) is 0 Å². The smallest absolute Gasteiger partial charge is 0.326 e. The molecule has 2 aromatic carbocycles. The van der Waals surface area contributed by atoms with Gasteiger partial charge < -0.3 is 16.2 Å². The van der Waals surface area contributed by atoms with Gasteiger partial charge in [-0.25, -0.2) is 9.18 Å². The predicted octanol–water partition coefficient (Wildman–Crippen LogP) is 1.90. The van der Waals surface area contributed by atoms with Gasteiger partial charge in [0.05, 0.1) is 0 Å². The average Bonchev–Trinajstić information content (AvgIpc) is 2.57. The van der Waals surface area contributed by atoms with Crippen LogP contribution >= 0.6 is 0 Å². The Hall–Kier alpha value is -2.73. The fourth-order valence-electron chi connectivity index (χ4n) is 2.56. The lowest BCUT2D eigenvalue weighted by Gasteiger charge is -2.17. The molecule has 0 spiro atoms. The first-order valence-electron chi connectivity index (χ1n) is 8.00. The van der Waals surface area contributed by atoms with Gasteiger partial charge in [-0.05, 0) is 23.6 Å². The maximum atomic E-state index is 13.6. The van der Waals surface area contributed by atoms with Gasteiger partial charge in [0.2, 0.25) is 5.91 Å². The molecule has 25 heavy (non-hydrogen) atoms. The van der Waals surface area contributed by atoms with E-state index in [-0.39, 0.29) is 25.1 Å². The Morgan fingerprint density at radius 1 is 1.04 bits per heavy atom. The number of nitrogens with two attached hydrogens (primary N) is 1. The molecule has 2 atom stereocenters. The fraction of sp³-hybridized carbons (Fsp3) is 0.263. The summed E-state index contributed by atoms with van der Waals surface area (Å²) >= 11 is 0. The van der Waals surface area contributed by atoms with Gasteiger partial charge in [-0.2, -0.15) is 0 Å².